The van der Waals surface area contributed by atoms with Gasteiger partial charge in [-0.1, -0.05) is 11.6 Å². The number of nitrogens with one attached hydrogen (secondary N) is 1. The molecule has 0 saturated heterocycles. The summed E-state index contributed by atoms with van der Waals surface area (Å²) in [5.41, 5.74) is 6.61. The molecule has 0 radical (unpaired) electrons. The van der Waals surface area contributed by atoms with E-state index >= 15 is 0 Å². The highest BCUT2D eigenvalue weighted by atomic mass is 35.5. The average Bonchev–Trinajstić information content (AvgIpc) is 3.24. The fourth-order valence-corrected chi connectivity index (χ4v) is 2.23. The number of halogens is 1. The van der Waals surface area contributed by atoms with E-state index in [2.05, 4.69) is 5.32 Å². The summed E-state index contributed by atoms with van der Waals surface area (Å²) in [5, 5.41) is 3.65. The maximum absolute atomic E-state index is 12.1. The van der Waals surface area contributed by atoms with Crippen molar-refractivity contribution in [1.82, 2.24) is 5.32 Å². The van der Waals surface area contributed by atoms with E-state index in [1.807, 2.05) is 13.0 Å². The van der Waals surface area contributed by atoms with Crippen LogP contribution in [0.25, 0.3) is 0 Å². The number of nitrogens with two attached hydrogens (primary N) is 1. The first-order valence-electron chi connectivity index (χ1n) is 6.94. The number of benzene rings is 1. The van der Waals surface area contributed by atoms with Crippen LogP contribution in [0.4, 0.5) is 0 Å². The standard InChI is InChI=1S/C15H21ClN2O2/c1-9-7-12(5-6-13(9)16)20-10(2)15(19)18-14(8-17)11-3-4-11/h5-7,10-11,14H,3-4,8,17H2,1-2H3,(H,18,19). The van der Waals surface area contributed by atoms with Crippen LogP contribution in [0.2, 0.25) is 5.02 Å². The highest BCUT2D eigenvalue weighted by molar-refractivity contribution is 6.31. The number of ether oxygens (including phenoxy) is 1. The molecule has 0 spiro atoms. The number of carbonyl (C=O) groups is 1. The van der Waals surface area contributed by atoms with E-state index in [4.69, 9.17) is 22.1 Å². The van der Waals surface area contributed by atoms with Gasteiger partial charge in [0.05, 0.1) is 0 Å². The van der Waals surface area contributed by atoms with Gasteiger partial charge >= 0.3 is 0 Å². The maximum atomic E-state index is 12.1. The van der Waals surface area contributed by atoms with Gasteiger partial charge in [-0.25, -0.2) is 0 Å². The molecule has 2 unspecified atom stereocenters. The van der Waals surface area contributed by atoms with Crippen molar-refractivity contribution in [3.63, 3.8) is 0 Å². The Morgan fingerprint density at radius 2 is 2.25 bits per heavy atom. The van der Waals surface area contributed by atoms with E-state index < -0.39 is 6.10 Å². The summed E-state index contributed by atoms with van der Waals surface area (Å²) >= 11 is 5.96. The molecule has 5 heteroatoms. The van der Waals surface area contributed by atoms with Crippen molar-refractivity contribution in [1.29, 1.82) is 0 Å². The van der Waals surface area contributed by atoms with E-state index in [1.54, 1.807) is 19.1 Å². The van der Waals surface area contributed by atoms with Crippen molar-refractivity contribution in [2.45, 2.75) is 38.8 Å². The molecule has 1 aromatic carbocycles. The van der Waals surface area contributed by atoms with Crippen LogP contribution in [0.1, 0.15) is 25.3 Å². The molecule has 0 bridgehead atoms. The second-order valence-electron chi connectivity index (χ2n) is 5.36. The number of amides is 1. The Bertz CT molecular complexity index is 489. The molecular formula is C15H21ClN2O2. The zero-order chi connectivity index (χ0) is 14.7. The normalized spacial score (nSPS) is 17.4. The molecule has 0 aromatic heterocycles. The molecule has 1 amide bonds. The monoisotopic (exact) mass is 296 g/mol. The van der Waals surface area contributed by atoms with Gasteiger partial charge in [0, 0.05) is 17.6 Å². The van der Waals surface area contributed by atoms with Crippen LogP contribution in [0.3, 0.4) is 0 Å². The Kier molecular flexibility index (Phi) is 4.89. The molecule has 1 saturated carbocycles. The average molecular weight is 297 g/mol. The van der Waals surface area contributed by atoms with E-state index in [1.165, 1.54) is 0 Å². The molecule has 1 aromatic rings. The van der Waals surface area contributed by atoms with Crippen LogP contribution in [-0.4, -0.2) is 24.6 Å². The fourth-order valence-electron chi connectivity index (χ4n) is 2.12. The second kappa shape index (κ2) is 6.46. The number of hydrogen-bond donors (Lipinski definition) is 2. The van der Waals surface area contributed by atoms with E-state index in [-0.39, 0.29) is 11.9 Å². The van der Waals surface area contributed by atoms with Crippen LogP contribution in [0.15, 0.2) is 18.2 Å². The van der Waals surface area contributed by atoms with Gasteiger partial charge in [-0.05, 0) is 56.4 Å². The van der Waals surface area contributed by atoms with Crippen LogP contribution in [0, 0.1) is 12.8 Å². The topological polar surface area (TPSA) is 64.3 Å². The third-order valence-corrected chi connectivity index (χ3v) is 4.01. The first-order chi connectivity index (χ1) is 9.51. The summed E-state index contributed by atoms with van der Waals surface area (Å²) in [6, 6.07) is 5.43. The van der Waals surface area contributed by atoms with Crippen molar-refractivity contribution in [2.75, 3.05) is 6.54 Å². The quantitative estimate of drug-likeness (QED) is 0.846. The van der Waals surface area contributed by atoms with Crippen molar-refractivity contribution in [2.24, 2.45) is 11.7 Å². The lowest BCUT2D eigenvalue weighted by Gasteiger charge is -2.20. The molecule has 4 nitrogen and oxygen atoms in total. The van der Waals surface area contributed by atoms with E-state index in [0.29, 0.717) is 23.2 Å². The summed E-state index contributed by atoms with van der Waals surface area (Å²) in [6.07, 6.45) is 1.74. The fraction of sp³-hybridized carbons (Fsp3) is 0.533. The minimum atomic E-state index is -0.552. The van der Waals surface area contributed by atoms with E-state index in [9.17, 15) is 4.79 Å². The van der Waals surface area contributed by atoms with Crippen molar-refractivity contribution in [3.8, 4) is 5.75 Å². The zero-order valence-corrected chi connectivity index (χ0v) is 12.6. The smallest absolute Gasteiger partial charge is 0.261 e. The number of hydrogen-bond acceptors (Lipinski definition) is 3. The van der Waals surface area contributed by atoms with Gasteiger partial charge < -0.3 is 15.8 Å². The van der Waals surface area contributed by atoms with Crippen LogP contribution >= 0.6 is 11.6 Å². The Hall–Kier alpha value is -1.26. The first kappa shape index (κ1) is 15.1. The van der Waals surface area contributed by atoms with Crippen LogP contribution in [-0.2, 0) is 4.79 Å². The highest BCUT2D eigenvalue weighted by Crippen LogP contribution is 2.32. The summed E-state index contributed by atoms with van der Waals surface area (Å²) < 4.78 is 5.65. The molecule has 110 valence electrons. The maximum Gasteiger partial charge on any atom is 0.261 e. The lowest BCUT2D eigenvalue weighted by atomic mass is 10.2. The molecule has 3 N–H and O–H groups in total. The van der Waals surface area contributed by atoms with Crippen LogP contribution in [0.5, 0.6) is 5.75 Å². The highest BCUT2D eigenvalue weighted by Gasteiger charge is 2.32. The van der Waals surface area contributed by atoms with Gasteiger partial charge in [-0.15, -0.1) is 0 Å². The third-order valence-electron chi connectivity index (χ3n) is 3.58. The molecule has 2 rings (SSSR count). The Balaban J connectivity index is 1.91. The lowest BCUT2D eigenvalue weighted by molar-refractivity contribution is -0.128. The third kappa shape index (κ3) is 3.87. The van der Waals surface area contributed by atoms with Gasteiger partial charge in [0.2, 0.25) is 0 Å². The second-order valence-corrected chi connectivity index (χ2v) is 5.77. The van der Waals surface area contributed by atoms with Crippen molar-refractivity contribution in [3.05, 3.63) is 28.8 Å². The molecule has 1 aliphatic carbocycles. The SMILES string of the molecule is Cc1cc(OC(C)C(=O)NC(CN)C2CC2)ccc1Cl. The van der Waals surface area contributed by atoms with Crippen molar-refractivity contribution >= 4 is 17.5 Å². The Morgan fingerprint density at radius 3 is 2.80 bits per heavy atom. The molecule has 1 aliphatic rings. The summed E-state index contributed by atoms with van der Waals surface area (Å²) in [4.78, 5) is 12.1. The first-order valence-corrected chi connectivity index (χ1v) is 7.32. The largest absolute Gasteiger partial charge is 0.481 e. The van der Waals surface area contributed by atoms with Gasteiger partial charge in [-0.2, -0.15) is 0 Å². The molecule has 0 aliphatic heterocycles. The van der Waals surface area contributed by atoms with Gasteiger partial charge in [0.25, 0.3) is 5.91 Å². The van der Waals surface area contributed by atoms with Gasteiger partial charge in [0.15, 0.2) is 6.10 Å². The van der Waals surface area contributed by atoms with E-state index in [0.717, 1.165) is 18.4 Å². The molecule has 20 heavy (non-hydrogen) atoms. The Morgan fingerprint density at radius 1 is 1.55 bits per heavy atom. The van der Waals surface area contributed by atoms with Gasteiger partial charge in [0.1, 0.15) is 5.75 Å². The van der Waals surface area contributed by atoms with Crippen molar-refractivity contribution < 1.29 is 9.53 Å². The molecule has 1 fully saturated rings. The predicted octanol–water partition coefficient (Wildman–Crippen LogP) is 2.27. The Labute approximate surface area is 124 Å². The molecule has 0 heterocycles. The number of rotatable bonds is 6. The number of carbonyl (C=O) groups excluding carboxylic acids is 1. The zero-order valence-electron chi connectivity index (χ0n) is 11.9. The number of aryl methyl sites for hydroxylation is 1. The predicted molar refractivity (Wildman–Crippen MR) is 80.0 cm³/mol. The van der Waals surface area contributed by atoms with Gasteiger partial charge in [-0.3, -0.25) is 4.79 Å². The molecular weight excluding hydrogens is 276 g/mol. The minimum Gasteiger partial charge on any atom is -0.481 e. The summed E-state index contributed by atoms with van der Waals surface area (Å²) in [7, 11) is 0. The molecule has 2 atom stereocenters. The van der Waals surface area contributed by atoms with Crippen LogP contribution < -0.4 is 15.8 Å². The minimum absolute atomic E-state index is 0.0699. The lowest BCUT2D eigenvalue weighted by Crippen LogP contribution is -2.46. The summed E-state index contributed by atoms with van der Waals surface area (Å²) in [6.45, 7) is 4.11. The summed E-state index contributed by atoms with van der Waals surface area (Å²) in [5.74, 6) is 1.05.